The summed E-state index contributed by atoms with van der Waals surface area (Å²) in [5.74, 6) is -9.64. The molecule has 0 atom stereocenters. The lowest BCUT2D eigenvalue weighted by atomic mass is 10.2. The highest BCUT2D eigenvalue weighted by atomic mass is 32.2. The van der Waals surface area contributed by atoms with Crippen molar-refractivity contribution in [2.75, 3.05) is 0 Å². The molecule has 0 nitrogen and oxygen atoms in total. The van der Waals surface area contributed by atoms with E-state index >= 15 is 0 Å². The molecule has 0 N–H and O–H groups in total. The second kappa shape index (κ2) is 5.44. The first-order chi connectivity index (χ1) is 9.32. The standard InChI is InChI=1S/C14H9F5S/c1-6-3-4-8(7(2)5-6)20-14-12(18)10(16)9(15)11(17)13(14)19/h3-5H,1-2H3. The molecule has 0 saturated heterocycles. The van der Waals surface area contributed by atoms with Crippen LogP contribution in [0.4, 0.5) is 22.0 Å². The third-order valence-electron chi connectivity index (χ3n) is 2.71. The van der Waals surface area contributed by atoms with Crippen LogP contribution >= 0.6 is 11.8 Å². The molecule has 2 aromatic carbocycles. The van der Waals surface area contributed by atoms with Gasteiger partial charge in [-0.15, -0.1) is 0 Å². The summed E-state index contributed by atoms with van der Waals surface area (Å²) >= 11 is 0.517. The van der Waals surface area contributed by atoms with Gasteiger partial charge in [-0.3, -0.25) is 0 Å². The Labute approximate surface area is 116 Å². The van der Waals surface area contributed by atoms with Crippen LogP contribution in [-0.4, -0.2) is 0 Å². The molecular formula is C14H9F5S. The van der Waals surface area contributed by atoms with Crippen LogP contribution in [0, 0.1) is 42.9 Å². The van der Waals surface area contributed by atoms with E-state index in [2.05, 4.69) is 0 Å². The summed E-state index contributed by atoms with van der Waals surface area (Å²) in [4.78, 5) is -0.466. The highest BCUT2D eigenvalue weighted by Crippen LogP contribution is 2.37. The third-order valence-corrected chi connectivity index (χ3v) is 3.95. The van der Waals surface area contributed by atoms with E-state index in [0.29, 0.717) is 22.2 Å². The fraction of sp³-hybridized carbons (Fsp3) is 0.143. The Balaban J connectivity index is 2.54. The van der Waals surface area contributed by atoms with Crippen LogP contribution in [0.25, 0.3) is 0 Å². The van der Waals surface area contributed by atoms with E-state index in [4.69, 9.17) is 0 Å². The van der Waals surface area contributed by atoms with Gasteiger partial charge in [-0.2, -0.15) is 0 Å². The molecule has 0 saturated carbocycles. The van der Waals surface area contributed by atoms with E-state index in [1.165, 1.54) is 0 Å². The van der Waals surface area contributed by atoms with Crippen molar-refractivity contribution < 1.29 is 22.0 Å². The Morgan fingerprint density at radius 1 is 0.750 bits per heavy atom. The number of hydrogen-bond donors (Lipinski definition) is 0. The van der Waals surface area contributed by atoms with Crippen LogP contribution < -0.4 is 0 Å². The third kappa shape index (κ3) is 2.52. The maximum Gasteiger partial charge on any atom is 0.200 e. The van der Waals surface area contributed by atoms with Crippen molar-refractivity contribution >= 4 is 11.8 Å². The number of halogens is 5. The molecule has 0 radical (unpaired) electrons. The number of benzene rings is 2. The molecule has 0 fully saturated rings. The first kappa shape index (κ1) is 14.8. The van der Waals surface area contributed by atoms with Crippen molar-refractivity contribution in [1.82, 2.24) is 0 Å². The van der Waals surface area contributed by atoms with E-state index in [0.717, 1.165) is 5.56 Å². The van der Waals surface area contributed by atoms with Gasteiger partial charge >= 0.3 is 0 Å². The van der Waals surface area contributed by atoms with Crippen molar-refractivity contribution in [3.63, 3.8) is 0 Å². The monoisotopic (exact) mass is 304 g/mol. The normalized spacial score (nSPS) is 10.9. The summed E-state index contributed by atoms with van der Waals surface area (Å²) in [6.07, 6.45) is 0. The first-order valence-corrected chi connectivity index (χ1v) is 6.41. The SMILES string of the molecule is Cc1ccc(Sc2c(F)c(F)c(F)c(F)c2F)c(C)c1. The summed E-state index contributed by atoms with van der Waals surface area (Å²) in [5.41, 5.74) is 1.63. The van der Waals surface area contributed by atoms with Crippen LogP contribution in [0.15, 0.2) is 28.0 Å². The van der Waals surface area contributed by atoms with E-state index in [-0.39, 0.29) is 0 Å². The Hall–Kier alpha value is -1.56. The molecule has 6 heteroatoms. The van der Waals surface area contributed by atoms with Crippen LogP contribution in [0.1, 0.15) is 11.1 Å². The summed E-state index contributed by atoms with van der Waals surface area (Å²) in [5, 5.41) is 0. The van der Waals surface area contributed by atoms with Crippen molar-refractivity contribution in [2.24, 2.45) is 0 Å². The number of rotatable bonds is 2. The van der Waals surface area contributed by atoms with Gasteiger partial charge in [0.1, 0.15) is 0 Å². The summed E-state index contributed by atoms with van der Waals surface area (Å²) < 4.78 is 66.2. The van der Waals surface area contributed by atoms with Crippen molar-refractivity contribution in [3.8, 4) is 0 Å². The minimum absolute atomic E-state index is 0.429. The van der Waals surface area contributed by atoms with Crippen LogP contribution in [0.5, 0.6) is 0 Å². The van der Waals surface area contributed by atoms with E-state index in [1.807, 2.05) is 6.92 Å². The molecule has 0 spiro atoms. The lowest BCUT2D eigenvalue weighted by molar-refractivity contribution is 0.361. The van der Waals surface area contributed by atoms with Gasteiger partial charge in [0.25, 0.3) is 0 Å². The molecular weight excluding hydrogens is 295 g/mol. The molecule has 0 unspecified atom stereocenters. The van der Waals surface area contributed by atoms with Crippen LogP contribution in [-0.2, 0) is 0 Å². The molecule has 2 aromatic rings. The first-order valence-electron chi connectivity index (χ1n) is 5.59. The zero-order valence-corrected chi connectivity index (χ0v) is 11.3. The summed E-state index contributed by atoms with van der Waals surface area (Å²) in [6.45, 7) is 3.53. The van der Waals surface area contributed by atoms with Crippen LogP contribution in [0.2, 0.25) is 0 Å². The van der Waals surface area contributed by atoms with E-state index in [9.17, 15) is 22.0 Å². The van der Waals surface area contributed by atoms with E-state index < -0.39 is 34.0 Å². The lowest BCUT2D eigenvalue weighted by Gasteiger charge is -2.10. The van der Waals surface area contributed by atoms with Gasteiger partial charge in [0.2, 0.25) is 5.82 Å². The van der Waals surface area contributed by atoms with Gasteiger partial charge < -0.3 is 0 Å². The second-order valence-corrected chi connectivity index (χ2v) is 5.32. The molecule has 0 aliphatic rings. The molecule has 0 heterocycles. The van der Waals surface area contributed by atoms with Gasteiger partial charge in [0, 0.05) is 4.90 Å². The molecule has 0 bridgehead atoms. The van der Waals surface area contributed by atoms with Gasteiger partial charge in [-0.05, 0) is 25.5 Å². The van der Waals surface area contributed by atoms with Gasteiger partial charge in [0.05, 0.1) is 4.90 Å². The lowest BCUT2D eigenvalue weighted by Crippen LogP contribution is -2.03. The average Bonchev–Trinajstić information content (AvgIpc) is 2.41. The summed E-state index contributed by atoms with van der Waals surface area (Å²) in [7, 11) is 0. The van der Waals surface area contributed by atoms with E-state index in [1.54, 1.807) is 25.1 Å². The zero-order valence-electron chi connectivity index (χ0n) is 10.5. The molecule has 106 valence electrons. The molecule has 2 rings (SSSR count). The highest BCUT2D eigenvalue weighted by Gasteiger charge is 2.26. The Morgan fingerprint density at radius 2 is 1.25 bits per heavy atom. The molecule has 0 aliphatic heterocycles. The topological polar surface area (TPSA) is 0 Å². The Kier molecular flexibility index (Phi) is 4.04. The Bertz CT molecular complexity index is 653. The largest absolute Gasteiger partial charge is 0.202 e. The molecule has 20 heavy (non-hydrogen) atoms. The van der Waals surface area contributed by atoms with Crippen molar-refractivity contribution in [1.29, 1.82) is 0 Å². The fourth-order valence-corrected chi connectivity index (χ4v) is 2.63. The molecule has 0 aromatic heterocycles. The maximum atomic E-state index is 13.6. The minimum Gasteiger partial charge on any atom is -0.202 e. The quantitative estimate of drug-likeness (QED) is 0.420. The fourth-order valence-electron chi connectivity index (χ4n) is 1.70. The number of aryl methyl sites for hydroxylation is 2. The summed E-state index contributed by atoms with van der Waals surface area (Å²) in [6, 6.07) is 5.03. The molecule has 0 aliphatic carbocycles. The van der Waals surface area contributed by atoms with Crippen molar-refractivity contribution in [2.45, 2.75) is 23.6 Å². The second-order valence-electron chi connectivity index (χ2n) is 4.27. The van der Waals surface area contributed by atoms with Gasteiger partial charge in [0.15, 0.2) is 23.3 Å². The van der Waals surface area contributed by atoms with Gasteiger partial charge in [-0.1, -0.05) is 29.5 Å². The zero-order chi connectivity index (χ0) is 15.0. The minimum atomic E-state index is -2.15. The maximum absolute atomic E-state index is 13.6. The predicted molar refractivity (Wildman–Crippen MR) is 66.3 cm³/mol. The highest BCUT2D eigenvalue weighted by molar-refractivity contribution is 7.99. The van der Waals surface area contributed by atoms with Crippen LogP contribution in [0.3, 0.4) is 0 Å². The molecule has 0 amide bonds. The number of hydrogen-bond acceptors (Lipinski definition) is 1. The Morgan fingerprint density at radius 3 is 1.75 bits per heavy atom. The predicted octanol–water partition coefficient (Wildman–Crippen LogP) is 5.15. The van der Waals surface area contributed by atoms with Gasteiger partial charge in [-0.25, -0.2) is 22.0 Å². The average molecular weight is 304 g/mol. The van der Waals surface area contributed by atoms with Crippen molar-refractivity contribution in [3.05, 3.63) is 58.4 Å². The smallest absolute Gasteiger partial charge is 0.200 e.